The predicted molar refractivity (Wildman–Crippen MR) is 88.4 cm³/mol. The maximum absolute atomic E-state index is 5.84. The minimum absolute atomic E-state index is 0.0866. The van der Waals surface area contributed by atoms with E-state index in [0.29, 0.717) is 6.54 Å². The smallest absolute Gasteiger partial charge is 0.119 e. The molecule has 108 valence electrons. The van der Waals surface area contributed by atoms with Crippen molar-refractivity contribution in [3.63, 3.8) is 0 Å². The highest BCUT2D eigenvalue weighted by molar-refractivity contribution is 5.64. The molecule has 0 radical (unpaired) electrons. The van der Waals surface area contributed by atoms with Crippen molar-refractivity contribution in [2.75, 3.05) is 13.1 Å². The monoisotopic (exact) mass is 279 g/mol. The predicted octanol–water partition coefficient (Wildman–Crippen LogP) is 3.65. The van der Waals surface area contributed by atoms with Crippen molar-refractivity contribution in [2.45, 2.75) is 20.0 Å². The first-order valence-electron chi connectivity index (χ1n) is 7.17. The Morgan fingerprint density at radius 3 is 2.19 bits per heavy atom. The molecule has 0 aromatic heterocycles. The van der Waals surface area contributed by atoms with E-state index in [1.54, 1.807) is 0 Å². The quantitative estimate of drug-likeness (QED) is 0.644. The molecule has 0 aliphatic rings. The van der Waals surface area contributed by atoms with E-state index in [4.69, 9.17) is 11.2 Å². The zero-order chi connectivity index (χ0) is 15.1. The lowest BCUT2D eigenvalue weighted by molar-refractivity contribution is 0.219. The van der Waals surface area contributed by atoms with Gasteiger partial charge in [-0.05, 0) is 37.1 Å². The second kappa shape index (κ2) is 7.52. The van der Waals surface area contributed by atoms with Crippen molar-refractivity contribution in [3.05, 3.63) is 54.1 Å². The van der Waals surface area contributed by atoms with Crippen molar-refractivity contribution in [2.24, 2.45) is 0 Å². The summed E-state index contributed by atoms with van der Waals surface area (Å²) in [7, 11) is 0. The standard InChI is InChI=1S/C19H21NO/c1-4-13-20-14-16(3)21-19-11-9-18(10-12-19)17-7-5-15(2)6-8-17/h1,5-12,16,20H,13-14H2,2-3H3. The molecule has 2 nitrogen and oxygen atoms in total. The molecule has 0 heterocycles. The molecule has 21 heavy (non-hydrogen) atoms. The van der Waals surface area contributed by atoms with Gasteiger partial charge >= 0.3 is 0 Å². The van der Waals surface area contributed by atoms with Gasteiger partial charge in [0.15, 0.2) is 0 Å². The summed E-state index contributed by atoms with van der Waals surface area (Å²) in [6, 6.07) is 16.7. The molecule has 2 aromatic rings. The highest BCUT2D eigenvalue weighted by Gasteiger charge is 2.04. The Bertz CT molecular complexity index is 593. The first kappa shape index (κ1) is 15.2. The zero-order valence-corrected chi connectivity index (χ0v) is 12.6. The molecule has 0 saturated heterocycles. The van der Waals surface area contributed by atoms with Crippen LogP contribution >= 0.6 is 0 Å². The normalized spacial score (nSPS) is 11.7. The number of terminal acetylenes is 1. The average Bonchev–Trinajstić information content (AvgIpc) is 2.49. The second-order valence-electron chi connectivity index (χ2n) is 5.15. The summed E-state index contributed by atoms with van der Waals surface area (Å²) >= 11 is 0. The van der Waals surface area contributed by atoms with E-state index in [-0.39, 0.29) is 6.10 Å². The van der Waals surface area contributed by atoms with Crippen LogP contribution in [0, 0.1) is 19.3 Å². The summed E-state index contributed by atoms with van der Waals surface area (Å²) in [5.74, 6) is 3.43. The van der Waals surface area contributed by atoms with Gasteiger partial charge in [-0.25, -0.2) is 0 Å². The van der Waals surface area contributed by atoms with Crippen LogP contribution in [0.3, 0.4) is 0 Å². The summed E-state index contributed by atoms with van der Waals surface area (Å²) in [5.41, 5.74) is 3.68. The summed E-state index contributed by atoms with van der Waals surface area (Å²) in [6.07, 6.45) is 5.28. The van der Waals surface area contributed by atoms with Crippen LogP contribution < -0.4 is 10.1 Å². The van der Waals surface area contributed by atoms with Crippen LogP contribution in [0.15, 0.2) is 48.5 Å². The number of hydrogen-bond acceptors (Lipinski definition) is 2. The van der Waals surface area contributed by atoms with E-state index in [1.807, 2.05) is 19.1 Å². The van der Waals surface area contributed by atoms with E-state index in [1.165, 1.54) is 16.7 Å². The molecule has 2 aromatic carbocycles. The van der Waals surface area contributed by atoms with Crippen molar-refractivity contribution in [1.82, 2.24) is 5.32 Å². The third-order valence-corrected chi connectivity index (χ3v) is 3.24. The van der Waals surface area contributed by atoms with Gasteiger partial charge < -0.3 is 10.1 Å². The van der Waals surface area contributed by atoms with E-state index >= 15 is 0 Å². The molecule has 0 aliphatic carbocycles. The van der Waals surface area contributed by atoms with Gasteiger partial charge in [0.05, 0.1) is 6.54 Å². The summed E-state index contributed by atoms with van der Waals surface area (Å²) in [5, 5.41) is 3.14. The summed E-state index contributed by atoms with van der Waals surface area (Å²) in [6.45, 7) is 5.43. The lowest BCUT2D eigenvalue weighted by Crippen LogP contribution is -2.29. The third kappa shape index (κ3) is 4.66. The highest BCUT2D eigenvalue weighted by Crippen LogP contribution is 2.23. The van der Waals surface area contributed by atoms with Gasteiger partial charge in [0, 0.05) is 6.54 Å². The Kier molecular flexibility index (Phi) is 5.43. The number of aryl methyl sites for hydroxylation is 1. The van der Waals surface area contributed by atoms with Gasteiger partial charge in [-0.15, -0.1) is 6.42 Å². The van der Waals surface area contributed by atoms with Crippen LogP contribution in [0.4, 0.5) is 0 Å². The lowest BCUT2D eigenvalue weighted by atomic mass is 10.0. The van der Waals surface area contributed by atoms with Crippen LogP contribution in [-0.2, 0) is 0 Å². The zero-order valence-electron chi connectivity index (χ0n) is 12.6. The van der Waals surface area contributed by atoms with Crippen LogP contribution in [-0.4, -0.2) is 19.2 Å². The Labute approximate surface area is 127 Å². The van der Waals surface area contributed by atoms with Crippen LogP contribution in [0.2, 0.25) is 0 Å². The minimum Gasteiger partial charge on any atom is -0.489 e. The largest absolute Gasteiger partial charge is 0.489 e. The van der Waals surface area contributed by atoms with Gasteiger partial charge in [-0.2, -0.15) is 0 Å². The fourth-order valence-corrected chi connectivity index (χ4v) is 2.09. The average molecular weight is 279 g/mol. The maximum Gasteiger partial charge on any atom is 0.119 e. The van der Waals surface area contributed by atoms with Crippen molar-refractivity contribution in [1.29, 1.82) is 0 Å². The van der Waals surface area contributed by atoms with E-state index in [0.717, 1.165) is 12.3 Å². The minimum atomic E-state index is 0.0866. The number of ether oxygens (including phenoxy) is 1. The molecule has 0 bridgehead atoms. The Morgan fingerprint density at radius 2 is 1.62 bits per heavy atom. The maximum atomic E-state index is 5.84. The SMILES string of the molecule is C#CCNCC(C)Oc1ccc(-c2ccc(C)cc2)cc1. The molecule has 1 atom stereocenters. The van der Waals surface area contributed by atoms with Crippen LogP contribution in [0.1, 0.15) is 12.5 Å². The van der Waals surface area contributed by atoms with E-state index in [9.17, 15) is 0 Å². The summed E-state index contributed by atoms with van der Waals surface area (Å²) < 4.78 is 5.84. The molecule has 0 amide bonds. The number of hydrogen-bond donors (Lipinski definition) is 1. The third-order valence-electron chi connectivity index (χ3n) is 3.24. The highest BCUT2D eigenvalue weighted by atomic mass is 16.5. The van der Waals surface area contributed by atoms with Gasteiger partial charge in [0.25, 0.3) is 0 Å². The Balaban J connectivity index is 1.96. The Hall–Kier alpha value is -2.24. The van der Waals surface area contributed by atoms with Gasteiger partial charge in [-0.1, -0.05) is 47.9 Å². The molecule has 0 spiro atoms. The molecular weight excluding hydrogens is 258 g/mol. The summed E-state index contributed by atoms with van der Waals surface area (Å²) in [4.78, 5) is 0. The molecule has 0 aliphatic heterocycles. The van der Waals surface area contributed by atoms with Crippen molar-refractivity contribution < 1.29 is 4.74 Å². The van der Waals surface area contributed by atoms with E-state index < -0.39 is 0 Å². The number of nitrogens with one attached hydrogen (secondary N) is 1. The Morgan fingerprint density at radius 1 is 1.05 bits per heavy atom. The second-order valence-corrected chi connectivity index (χ2v) is 5.15. The molecule has 2 rings (SSSR count). The van der Waals surface area contributed by atoms with E-state index in [2.05, 4.69) is 54.6 Å². The first-order chi connectivity index (χ1) is 10.2. The van der Waals surface area contributed by atoms with Gasteiger partial charge in [0.2, 0.25) is 0 Å². The van der Waals surface area contributed by atoms with Gasteiger partial charge in [-0.3, -0.25) is 0 Å². The molecular formula is C19H21NO. The fraction of sp³-hybridized carbons (Fsp3) is 0.263. The number of rotatable bonds is 6. The first-order valence-corrected chi connectivity index (χ1v) is 7.17. The number of benzene rings is 2. The van der Waals surface area contributed by atoms with Gasteiger partial charge in [0.1, 0.15) is 11.9 Å². The lowest BCUT2D eigenvalue weighted by Gasteiger charge is -2.15. The molecule has 1 N–H and O–H groups in total. The fourth-order valence-electron chi connectivity index (χ4n) is 2.09. The topological polar surface area (TPSA) is 21.3 Å². The molecule has 2 heteroatoms. The van der Waals surface area contributed by atoms with Crippen LogP contribution in [0.25, 0.3) is 11.1 Å². The molecule has 0 fully saturated rings. The van der Waals surface area contributed by atoms with Crippen LogP contribution in [0.5, 0.6) is 5.75 Å². The molecule has 0 saturated carbocycles. The van der Waals surface area contributed by atoms with Crippen molar-refractivity contribution in [3.8, 4) is 29.2 Å². The van der Waals surface area contributed by atoms with Crippen molar-refractivity contribution >= 4 is 0 Å². The molecule has 1 unspecified atom stereocenters.